The molecule has 0 fully saturated rings. The van der Waals surface area contributed by atoms with E-state index in [1.165, 1.54) is 29.3 Å². The Morgan fingerprint density at radius 3 is 2.63 bits per heavy atom. The van der Waals surface area contributed by atoms with E-state index in [0.717, 1.165) is 11.1 Å². The quantitative estimate of drug-likeness (QED) is 0.262. The maximum absolute atomic E-state index is 14.0. The molecule has 3 heterocycles. The predicted octanol–water partition coefficient (Wildman–Crippen LogP) is 5.20. The summed E-state index contributed by atoms with van der Waals surface area (Å²) in [7, 11) is 0. The number of urea groups is 1. The molecule has 5 rings (SSSR count). The normalized spacial score (nSPS) is 12.9. The molecule has 0 atom stereocenters. The fourth-order valence-electron chi connectivity index (χ4n) is 4.09. The van der Waals surface area contributed by atoms with Crippen molar-refractivity contribution in [1.29, 1.82) is 0 Å². The summed E-state index contributed by atoms with van der Waals surface area (Å²) in [5, 5.41) is 5.75. The number of rotatable bonds is 7. The molecular weight excluding hydrogens is 485 g/mol. The van der Waals surface area contributed by atoms with Gasteiger partial charge < -0.3 is 15.5 Å². The third-order valence-electron chi connectivity index (χ3n) is 5.92. The van der Waals surface area contributed by atoms with E-state index in [0.29, 0.717) is 42.4 Å². The van der Waals surface area contributed by atoms with Gasteiger partial charge in [-0.05, 0) is 48.4 Å². The van der Waals surface area contributed by atoms with E-state index in [-0.39, 0.29) is 17.9 Å². The number of nitrogens with one attached hydrogen (secondary N) is 2. The van der Waals surface area contributed by atoms with Gasteiger partial charge in [0, 0.05) is 30.5 Å². The second-order valence-corrected chi connectivity index (χ2v) is 8.56. The van der Waals surface area contributed by atoms with E-state index < -0.39 is 5.95 Å². The molecule has 0 radical (unpaired) electrons. The number of amides is 3. The van der Waals surface area contributed by atoms with E-state index in [4.69, 9.17) is 0 Å². The molecule has 0 unspecified atom stereocenters. The van der Waals surface area contributed by atoms with E-state index in [1.54, 1.807) is 35.4 Å². The van der Waals surface area contributed by atoms with Crippen molar-refractivity contribution in [2.24, 2.45) is 0 Å². The fourth-order valence-corrected chi connectivity index (χ4v) is 4.09. The van der Waals surface area contributed by atoms with Crippen LogP contribution < -0.4 is 15.5 Å². The minimum atomic E-state index is -0.600. The molecule has 190 valence electrons. The Kier molecular flexibility index (Phi) is 7.03. The first kappa shape index (κ1) is 24.6. The van der Waals surface area contributed by atoms with Crippen molar-refractivity contribution < 1.29 is 14.0 Å². The fraction of sp³-hybridized carbons (Fsp3) is 0.107. The number of aromatic nitrogens is 3. The summed E-state index contributed by atoms with van der Waals surface area (Å²) in [5.74, 6) is -0.331. The van der Waals surface area contributed by atoms with Crippen LogP contribution in [0.3, 0.4) is 0 Å². The minimum Gasteiger partial charge on any atom is -0.323 e. The molecule has 38 heavy (non-hydrogen) atoms. The van der Waals surface area contributed by atoms with Gasteiger partial charge in [0.2, 0.25) is 17.8 Å². The smallest absolute Gasteiger partial charge is 0.323 e. The molecular formula is C28H24FN7O2. The molecule has 2 N–H and O–H groups in total. The lowest BCUT2D eigenvalue weighted by Gasteiger charge is -2.28. The van der Waals surface area contributed by atoms with Gasteiger partial charge in [0.25, 0.3) is 0 Å². The summed E-state index contributed by atoms with van der Waals surface area (Å²) in [6, 6.07) is 19.2. The van der Waals surface area contributed by atoms with Crippen LogP contribution in [0.2, 0.25) is 0 Å². The summed E-state index contributed by atoms with van der Waals surface area (Å²) in [5.41, 5.74) is 3.29. The number of carbonyl (C=O) groups is 2. The molecule has 1 aliphatic rings. The highest BCUT2D eigenvalue weighted by Crippen LogP contribution is 2.34. The molecule has 9 nitrogen and oxygen atoms in total. The topological polar surface area (TPSA) is 103 Å². The number of nitrogens with zero attached hydrogens (tertiary/aromatic N) is 5. The van der Waals surface area contributed by atoms with Crippen LogP contribution in [0, 0.1) is 5.95 Å². The van der Waals surface area contributed by atoms with Gasteiger partial charge in [0.05, 0.1) is 17.6 Å². The Labute approximate surface area is 218 Å². The monoisotopic (exact) mass is 509 g/mol. The second-order valence-electron chi connectivity index (χ2n) is 8.56. The number of halogens is 1. The van der Waals surface area contributed by atoms with Gasteiger partial charge in [0.15, 0.2) is 0 Å². The number of anilines is 5. The largest absolute Gasteiger partial charge is 0.330 e. The van der Waals surface area contributed by atoms with Crippen molar-refractivity contribution in [3.05, 3.63) is 109 Å². The molecule has 10 heteroatoms. The van der Waals surface area contributed by atoms with Crippen molar-refractivity contribution in [1.82, 2.24) is 19.9 Å². The maximum Gasteiger partial charge on any atom is 0.330 e. The summed E-state index contributed by atoms with van der Waals surface area (Å²) < 4.78 is 13.3. The van der Waals surface area contributed by atoms with E-state index in [9.17, 15) is 14.0 Å². The summed E-state index contributed by atoms with van der Waals surface area (Å²) in [4.78, 5) is 41.9. The van der Waals surface area contributed by atoms with Crippen LogP contribution in [-0.2, 0) is 17.8 Å². The number of hydrogen-bond donors (Lipinski definition) is 2. The molecule has 0 bridgehead atoms. The summed E-state index contributed by atoms with van der Waals surface area (Å²) in [6.45, 7) is 4.36. The zero-order valence-electron chi connectivity index (χ0n) is 20.3. The Hall–Kier alpha value is -5.12. The number of carbonyl (C=O) groups excluding carboxylic acids is 2. The standard InChI is InChI=1S/C28H24FN7O2/c1-2-25(37)32-21-9-6-10-23(15-21)36-26-20(13-14-35(28(36)38)18-19-7-4-3-5-8-19)16-31-27(34-26)33-22-11-12-24(29)30-17-22/h2-12,15-17H,1,13-14,18H2,(H,32,37)(H,31,33,34). The van der Waals surface area contributed by atoms with Crippen LogP contribution in [0.5, 0.6) is 0 Å². The number of fused-ring (bicyclic) bond motifs is 1. The third kappa shape index (κ3) is 5.49. The van der Waals surface area contributed by atoms with Gasteiger partial charge in [-0.15, -0.1) is 0 Å². The minimum absolute atomic E-state index is 0.225. The molecule has 0 spiro atoms. The lowest BCUT2D eigenvalue weighted by molar-refractivity contribution is -0.111. The Balaban J connectivity index is 1.55. The van der Waals surface area contributed by atoms with Crippen molar-refractivity contribution in [3.8, 4) is 0 Å². The molecule has 2 aromatic carbocycles. The highest BCUT2D eigenvalue weighted by molar-refractivity contribution is 6.02. The van der Waals surface area contributed by atoms with Crippen molar-refractivity contribution >= 4 is 40.8 Å². The van der Waals surface area contributed by atoms with E-state index >= 15 is 0 Å². The first-order chi connectivity index (χ1) is 18.5. The summed E-state index contributed by atoms with van der Waals surface area (Å²) >= 11 is 0. The lowest BCUT2D eigenvalue weighted by atomic mass is 10.2. The molecule has 2 aromatic heterocycles. The van der Waals surface area contributed by atoms with Gasteiger partial charge in [-0.25, -0.2) is 19.7 Å². The zero-order chi connectivity index (χ0) is 26.5. The molecule has 1 aliphatic heterocycles. The number of pyridine rings is 1. The number of hydrogen-bond acceptors (Lipinski definition) is 6. The third-order valence-corrected chi connectivity index (χ3v) is 5.92. The van der Waals surface area contributed by atoms with Crippen molar-refractivity contribution in [2.45, 2.75) is 13.0 Å². The van der Waals surface area contributed by atoms with Gasteiger partial charge in [-0.2, -0.15) is 9.37 Å². The first-order valence-electron chi connectivity index (χ1n) is 11.9. The Morgan fingerprint density at radius 2 is 1.87 bits per heavy atom. The van der Waals surface area contributed by atoms with Crippen LogP contribution in [0.25, 0.3) is 0 Å². The van der Waals surface area contributed by atoms with Gasteiger partial charge in [-0.3, -0.25) is 4.79 Å². The number of benzene rings is 2. The van der Waals surface area contributed by atoms with Crippen molar-refractivity contribution in [3.63, 3.8) is 0 Å². The van der Waals surface area contributed by atoms with Crippen LogP contribution >= 0.6 is 0 Å². The molecule has 0 saturated heterocycles. The molecule has 3 amide bonds. The van der Waals surface area contributed by atoms with Crippen molar-refractivity contribution in [2.75, 3.05) is 22.1 Å². The second kappa shape index (κ2) is 10.9. The highest BCUT2D eigenvalue weighted by atomic mass is 19.1. The van der Waals surface area contributed by atoms with E-state index in [2.05, 4.69) is 32.2 Å². The average molecular weight is 510 g/mol. The van der Waals surface area contributed by atoms with Crippen LogP contribution in [0.1, 0.15) is 11.1 Å². The molecule has 0 saturated carbocycles. The molecule has 0 aliphatic carbocycles. The van der Waals surface area contributed by atoms with Crippen LogP contribution in [0.15, 0.2) is 91.8 Å². The molecule has 4 aromatic rings. The average Bonchev–Trinajstić information content (AvgIpc) is 3.06. The van der Waals surface area contributed by atoms with Gasteiger partial charge >= 0.3 is 6.03 Å². The zero-order valence-corrected chi connectivity index (χ0v) is 20.3. The summed E-state index contributed by atoms with van der Waals surface area (Å²) in [6.07, 6.45) is 4.73. The maximum atomic E-state index is 14.0. The van der Waals surface area contributed by atoms with Gasteiger partial charge in [0.1, 0.15) is 5.82 Å². The van der Waals surface area contributed by atoms with Gasteiger partial charge in [-0.1, -0.05) is 43.0 Å². The van der Waals surface area contributed by atoms with Crippen LogP contribution in [0.4, 0.5) is 38.0 Å². The van der Waals surface area contributed by atoms with Crippen LogP contribution in [-0.4, -0.2) is 38.3 Å². The van der Waals surface area contributed by atoms with E-state index in [1.807, 2.05) is 30.3 Å². The highest BCUT2D eigenvalue weighted by Gasteiger charge is 2.31. The SMILES string of the molecule is C=CC(=O)Nc1cccc(N2C(=O)N(Cc3ccccc3)CCc3cnc(Nc4ccc(F)nc4)nc32)c1. The Bertz CT molecular complexity index is 1480. The predicted molar refractivity (Wildman–Crippen MR) is 143 cm³/mol. The first-order valence-corrected chi connectivity index (χ1v) is 11.9. The lowest BCUT2D eigenvalue weighted by Crippen LogP contribution is -2.40. The Morgan fingerprint density at radius 1 is 1.03 bits per heavy atom.